The summed E-state index contributed by atoms with van der Waals surface area (Å²) in [6.45, 7) is 0. The summed E-state index contributed by atoms with van der Waals surface area (Å²) in [5.41, 5.74) is -0.221. The van der Waals surface area contributed by atoms with Gasteiger partial charge in [0, 0.05) is 0 Å². The summed E-state index contributed by atoms with van der Waals surface area (Å²) in [5, 5.41) is 2.79. The first-order valence-corrected chi connectivity index (χ1v) is 5.92. The molecule has 1 amide bonds. The minimum Gasteiger partial charge on any atom is -0.348 e. The van der Waals surface area contributed by atoms with Gasteiger partial charge in [-0.15, -0.1) is 0 Å². The minimum absolute atomic E-state index is 0.0404. The van der Waals surface area contributed by atoms with Crippen LogP contribution in [0.2, 0.25) is 0 Å². The Kier molecular flexibility index (Phi) is 2.24. The third-order valence-corrected chi connectivity index (χ3v) is 4.10. The monoisotopic (exact) mass is 255 g/mol. The van der Waals surface area contributed by atoms with Crippen LogP contribution in [0, 0.1) is 5.41 Å². The molecule has 1 unspecified atom stereocenters. The molecule has 2 nitrogen and oxygen atoms in total. The van der Waals surface area contributed by atoms with Crippen molar-refractivity contribution in [2.24, 2.45) is 5.41 Å². The van der Waals surface area contributed by atoms with E-state index in [4.69, 9.17) is 0 Å². The van der Waals surface area contributed by atoms with E-state index in [-0.39, 0.29) is 17.4 Å². The van der Waals surface area contributed by atoms with Gasteiger partial charge in [-0.2, -0.15) is 13.2 Å². The molecule has 0 aromatic heterocycles. The number of carbonyl (C=O) groups excluding carboxylic acids is 1. The highest BCUT2D eigenvalue weighted by Crippen LogP contribution is 2.56. The Labute approximate surface area is 102 Å². The van der Waals surface area contributed by atoms with Crippen LogP contribution in [-0.4, -0.2) is 5.91 Å². The van der Waals surface area contributed by atoms with Crippen molar-refractivity contribution in [3.8, 4) is 0 Å². The summed E-state index contributed by atoms with van der Waals surface area (Å²) in [6, 6.07) is 4.97. The topological polar surface area (TPSA) is 29.1 Å². The van der Waals surface area contributed by atoms with Crippen LogP contribution in [0.15, 0.2) is 24.3 Å². The maximum atomic E-state index is 12.4. The Bertz CT molecular complexity index is 488. The number of nitrogens with one attached hydrogen (secondary N) is 1. The quantitative estimate of drug-likeness (QED) is 0.768. The lowest BCUT2D eigenvalue weighted by atomic mass is 9.57. The maximum Gasteiger partial charge on any atom is 0.416 e. The van der Waals surface area contributed by atoms with E-state index in [2.05, 4.69) is 5.32 Å². The number of benzene rings is 1. The Morgan fingerprint density at radius 2 is 1.78 bits per heavy atom. The van der Waals surface area contributed by atoms with E-state index >= 15 is 0 Å². The molecule has 96 valence electrons. The van der Waals surface area contributed by atoms with Gasteiger partial charge in [0.1, 0.15) is 0 Å². The molecular weight excluding hydrogens is 243 g/mol. The number of alkyl halides is 3. The third-order valence-electron chi connectivity index (χ3n) is 4.10. The molecule has 1 N–H and O–H groups in total. The van der Waals surface area contributed by atoms with Crippen molar-refractivity contribution >= 4 is 5.91 Å². The standard InChI is InChI=1S/C13H12F3NO/c14-13(15,16)9-4-2-8(3-5-9)10-12(6-1-7-12)11(18)17-10/h2-5,10H,1,6-7H2,(H,17,18). The molecule has 2 fully saturated rings. The smallest absolute Gasteiger partial charge is 0.348 e. The predicted octanol–water partition coefficient (Wildman–Crippen LogP) is 3.05. The van der Waals surface area contributed by atoms with E-state index in [0.29, 0.717) is 0 Å². The number of amides is 1. The van der Waals surface area contributed by atoms with Crippen LogP contribution in [0.25, 0.3) is 0 Å². The molecule has 1 spiro atoms. The molecule has 5 heteroatoms. The highest BCUT2D eigenvalue weighted by Gasteiger charge is 2.58. The van der Waals surface area contributed by atoms with Gasteiger partial charge in [-0.25, -0.2) is 0 Å². The Balaban J connectivity index is 1.84. The van der Waals surface area contributed by atoms with Gasteiger partial charge in [0.05, 0.1) is 17.0 Å². The van der Waals surface area contributed by atoms with Crippen molar-refractivity contribution in [3.05, 3.63) is 35.4 Å². The van der Waals surface area contributed by atoms with Gasteiger partial charge in [0.2, 0.25) is 5.91 Å². The van der Waals surface area contributed by atoms with Crippen LogP contribution in [0.1, 0.15) is 36.4 Å². The number of rotatable bonds is 1. The summed E-state index contributed by atoms with van der Waals surface area (Å²) >= 11 is 0. The van der Waals surface area contributed by atoms with Crippen molar-refractivity contribution < 1.29 is 18.0 Å². The van der Waals surface area contributed by atoms with Gasteiger partial charge in [0.25, 0.3) is 0 Å². The van der Waals surface area contributed by atoms with Crippen LogP contribution >= 0.6 is 0 Å². The molecule has 1 saturated heterocycles. The third kappa shape index (κ3) is 1.46. The first kappa shape index (κ1) is 11.6. The second kappa shape index (κ2) is 3.49. The molecule has 1 aromatic carbocycles. The normalized spacial score (nSPS) is 25.3. The molecule has 0 bridgehead atoms. The average Bonchev–Trinajstić information content (AvgIpc) is 2.22. The second-order valence-electron chi connectivity index (χ2n) is 5.04. The molecule has 1 aromatic rings. The fraction of sp³-hybridized carbons (Fsp3) is 0.462. The first-order valence-electron chi connectivity index (χ1n) is 5.92. The lowest BCUT2D eigenvalue weighted by Gasteiger charge is -2.54. The van der Waals surface area contributed by atoms with E-state index in [9.17, 15) is 18.0 Å². The van der Waals surface area contributed by atoms with Crippen LogP contribution < -0.4 is 5.32 Å². The van der Waals surface area contributed by atoms with Crippen molar-refractivity contribution in [1.29, 1.82) is 0 Å². The molecule has 2 aliphatic rings. The van der Waals surface area contributed by atoms with Gasteiger partial charge in [0.15, 0.2) is 0 Å². The number of hydrogen-bond donors (Lipinski definition) is 1. The summed E-state index contributed by atoms with van der Waals surface area (Å²) in [5.74, 6) is 0.0404. The zero-order valence-corrected chi connectivity index (χ0v) is 9.55. The Morgan fingerprint density at radius 1 is 1.17 bits per heavy atom. The van der Waals surface area contributed by atoms with Gasteiger partial charge in [-0.05, 0) is 30.5 Å². The summed E-state index contributed by atoms with van der Waals surface area (Å²) in [6.07, 6.45) is -1.62. The molecule has 0 radical (unpaired) electrons. The van der Waals surface area contributed by atoms with Crippen LogP contribution in [-0.2, 0) is 11.0 Å². The van der Waals surface area contributed by atoms with Crippen molar-refractivity contribution in [1.82, 2.24) is 5.32 Å². The lowest BCUT2D eigenvalue weighted by Crippen LogP contribution is -2.64. The maximum absolute atomic E-state index is 12.4. The van der Waals surface area contributed by atoms with E-state index < -0.39 is 11.7 Å². The molecule has 1 atom stereocenters. The molecule has 1 aliphatic carbocycles. The second-order valence-corrected chi connectivity index (χ2v) is 5.04. The van der Waals surface area contributed by atoms with E-state index in [0.717, 1.165) is 37.0 Å². The molecule has 18 heavy (non-hydrogen) atoms. The van der Waals surface area contributed by atoms with Gasteiger partial charge in [-0.3, -0.25) is 4.79 Å². The summed E-state index contributed by atoms with van der Waals surface area (Å²) in [4.78, 5) is 11.6. The average molecular weight is 255 g/mol. The van der Waals surface area contributed by atoms with E-state index in [1.807, 2.05) is 0 Å². The van der Waals surface area contributed by atoms with E-state index in [1.165, 1.54) is 12.1 Å². The number of halogens is 3. The van der Waals surface area contributed by atoms with Gasteiger partial charge >= 0.3 is 6.18 Å². The van der Waals surface area contributed by atoms with Crippen molar-refractivity contribution in [2.45, 2.75) is 31.5 Å². The van der Waals surface area contributed by atoms with Crippen molar-refractivity contribution in [2.75, 3.05) is 0 Å². The van der Waals surface area contributed by atoms with Crippen molar-refractivity contribution in [3.63, 3.8) is 0 Å². The predicted molar refractivity (Wildman–Crippen MR) is 58.6 cm³/mol. The van der Waals surface area contributed by atoms with Crippen LogP contribution in [0.4, 0.5) is 13.2 Å². The van der Waals surface area contributed by atoms with Crippen LogP contribution in [0.5, 0.6) is 0 Å². The Hall–Kier alpha value is -1.52. The number of carbonyl (C=O) groups is 1. The fourth-order valence-electron chi connectivity index (χ4n) is 2.81. The summed E-state index contributed by atoms with van der Waals surface area (Å²) in [7, 11) is 0. The fourth-order valence-corrected chi connectivity index (χ4v) is 2.81. The zero-order chi connectivity index (χ0) is 13.0. The SMILES string of the molecule is O=C1NC(c2ccc(C(F)(F)F)cc2)C12CCC2. The van der Waals surface area contributed by atoms with Gasteiger partial charge in [-0.1, -0.05) is 18.6 Å². The molecule has 1 aliphatic heterocycles. The first-order chi connectivity index (χ1) is 8.43. The zero-order valence-electron chi connectivity index (χ0n) is 9.55. The molecular formula is C13H12F3NO. The Morgan fingerprint density at radius 3 is 2.17 bits per heavy atom. The van der Waals surface area contributed by atoms with Gasteiger partial charge < -0.3 is 5.32 Å². The largest absolute Gasteiger partial charge is 0.416 e. The highest BCUT2D eigenvalue weighted by molar-refractivity contribution is 5.91. The number of hydrogen-bond acceptors (Lipinski definition) is 1. The number of β-lactam (4-membered cyclic amide) rings is 1. The van der Waals surface area contributed by atoms with Crippen LogP contribution in [0.3, 0.4) is 0 Å². The molecule has 1 heterocycles. The minimum atomic E-state index is -4.31. The lowest BCUT2D eigenvalue weighted by molar-refractivity contribution is -0.155. The molecule has 3 rings (SSSR count). The highest BCUT2D eigenvalue weighted by atomic mass is 19.4. The van der Waals surface area contributed by atoms with E-state index in [1.54, 1.807) is 0 Å². The molecule has 1 saturated carbocycles. The summed E-state index contributed by atoms with van der Waals surface area (Å²) < 4.78 is 37.3.